The lowest BCUT2D eigenvalue weighted by Gasteiger charge is -2.29. The molecule has 0 fully saturated rings. The highest BCUT2D eigenvalue weighted by atomic mass is 19.1. The van der Waals surface area contributed by atoms with Gasteiger partial charge in [0.1, 0.15) is 11.6 Å². The Hall–Kier alpha value is -1.49. The minimum atomic E-state index is -2.11. The zero-order chi connectivity index (χ0) is 14.1. The predicted molar refractivity (Wildman–Crippen MR) is 62.4 cm³/mol. The highest BCUT2D eigenvalue weighted by Gasteiger charge is 2.42. The summed E-state index contributed by atoms with van der Waals surface area (Å²) in [7, 11) is 0. The molecule has 0 radical (unpaired) electrons. The Bertz CT molecular complexity index is 474. The molecule has 0 aliphatic heterocycles. The number of aliphatic hydroxyl groups is 1. The van der Waals surface area contributed by atoms with Gasteiger partial charge in [0, 0.05) is 5.92 Å². The molecule has 0 bridgehead atoms. The molecule has 0 amide bonds. The van der Waals surface area contributed by atoms with Crippen LogP contribution in [-0.2, 0) is 4.79 Å². The molecule has 1 rings (SSSR count). The van der Waals surface area contributed by atoms with Crippen molar-refractivity contribution in [3.8, 4) is 0 Å². The normalized spacial score (nSPS) is 16.1. The van der Waals surface area contributed by atoms with Crippen LogP contribution in [0.2, 0.25) is 0 Å². The molecule has 5 heteroatoms. The first-order valence-electron chi connectivity index (χ1n) is 5.65. The lowest BCUT2D eigenvalue weighted by Crippen LogP contribution is -2.43. The first-order valence-corrected chi connectivity index (χ1v) is 5.65. The maximum absolute atomic E-state index is 13.7. The molecule has 2 unspecified atom stereocenters. The summed E-state index contributed by atoms with van der Waals surface area (Å²) in [5.41, 5.74) is -2.11. The number of benzene rings is 1. The van der Waals surface area contributed by atoms with Crippen molar-refractivity contribution in [1.29, 1.82) is 0 Å². The first-order chi connectivity index (χ1) is 8.24. The maximum atomic E-state index is 13.7. The number of hydrogen-bond donors (Lipinski definition) is 2. The zero-order valence-electron chi connectivity index (χ0n) is 10.5. The summed E-state index contributed by atoms with van der Waals surface area (Å²) >= 11 is 0. The van der Waals surface area contributed by atoms with Crippen molar-refractivity contribution in [2.24, 2.45) is 0 Å². The van der Waals surface area contributed by atoms with Crippen LogP contribution in [0.15, 0.2) is 12.1 Å². The second kappa shape index (κ2) is 5.02. The van der Waals surface area contributed by atoms with Crippen LogP contribution in [0.5, 0.6) is 0 Å². The summed E-state index contributed by atoms with van der Waals surface area (Å²) in [5, 5.41) is 19.0. The average molecular weight is 258 g/mol. The van der Waals surface area contributed by atoms with Crippen LogP contribution in [0.4, 0.5) is 8.78 Å². The monoisotopic (exact) mass is 258 g/mol. The van der Waals surface area contributed by atoms with Crippen LogP contribution in [0.25, 0.3) is 0 Å². The van der Waals surface area contributed by atoms with E-state index >= 15 is 0 Å². The summed E-state index contributed by atoms with van der Waals surface area (Å²) in [6, 6.07) is 1.94. The number of hydrogen-bond acceptors (Lipinski definition) is 2. The Kier molecular flexibility index (Phi) is 4.06. The third kappa shape index (κ3) is 2.36. The quantitative estimate of drug-likeness (QED) is 0.872. The van der Waals surface area contributed by atoms with E-state index in [9.17, 15) is 18.7 Å². The van der Waals surface area contributed by atoms with E-state index in [-0.39, 0.29) is 17.5 Å². The summed E-state index contributed by atoms with van der Waals surface area (Å²) in [5.74, 6) is -3.83. The van der Waals surface area contributed by atoms with Gasteiger partial charge in [-0.05, 0) is 36.6 Å². The van der Waals surface area contributed by atoms with Crippen molar-refractivity contribution >= 4 is 5.97 Å². The van der Waals surface area contributed by atoms with E-state index in [4.69, 9.17) is 5.11 Å². The summed E-state index contributed by atoms with van der Waals surface area (Å²) < 4.78 is 27.2. The summed E-state index contributed by atoms with van der Waals surface area (Å²) in [6.45, 7) is 4.26. The molecular weight excluding hydrogens is 242 g/mol. The van der Waals surface area contributed by atoms with E-state index in [1.807, 2.05) is 0 Å². The van der Waals surface area contributed by atoms with Crippen molar-refractivity contribution < 1.29 is 23.8 Å². The fraction of sp³-hybridized carbons (Fsp3) is 0.462. The van der Waals surface area contributed by atoms with E-state index in [2.05, 4.69) is 0 Å². The molecule has 2 atom stereocenters. The minimum absolute atomic E-state index is 0.0988. The van der Waals surface area contributed by atoms with Crippen molar-refractivity contribution in [1.82, 2.24) is 0 Å². The van der Waals surface area contributed by atoms with Gasteiger partial charge in [0.05, 0.1) is 0 Å². The Morgan fingerprint density at radius 1 is 1.39 bits per heavy atom. The molecule has 3 nitrogen and oxygen atoms in total. The third-order valence-electron chi connectivity index (χ3n) is 3.37. The summed E-state index contributed by atoms with van der Waals surface area (Å²) in [4.78, 5) is 11.1. The van der Waals surface area contributed by atoms with Gasteiger partial charge in [-0.1, -0.05) is 13.8 Å². The van der Waals surface area contributed by atoms with Crippen LogP contribution >= 0.6 is 0 Å². The Labute approximate surface area is 104 Å². The Balaban J connectivity index is 3.30. The fourth-order valence-electron chi connectivity index (χ4n) is 1.89. The lowest BCUT2D eigenvalue weighted by molar-refractivity contribution is -0.161. The number of halogens is 2. The standard InChI is InChI=1S/C13H16F2O3/c1-4-13(18,12(16)17)8(3)9-6-10(14)7(2)5-11(9)15/h5-6,8,18H,4H2,1-3H3,(H,16,17). The van der Waals surface area contributed by atoms with Gasteiger partial charge in [0.2, 0.25) is 0 Å². The molecule has 100 valence electrons. The molecule has 2 N–H and O–H groups in total. The molecule has 0 aromatic heterocycles. The van der Waals surface area contributed by atoms with Gasteiger partial charge in [-0.15, -0.1) is 0 Å². The smallest absolute Gasteiger partial charge is 0.336 e. The number of carboxylic acid groups (broad SMARTS) is 1. The maximum Gasteiger partial charge on any atom is 0.336 e. The molecule has 18 heavy (non-hydrogen) atoms. The minimum Gasteiger partial charge on any atom is -0.479 e. The van der Waals surface area contributed by atoms with Crippen molar-refractivity contribution in [3.05, 3.63) is 34.9 Å². The largest absolute Gasteiger partial charge is 0.479 e. The van der Waals surface area contributed by atoms with Gasteiger partial charge in [0.25, 0.3) is 0 Å². The van der Waals surface area contributed by atoms with Crippen LogP contribution < -0.4 is 0 Å². The topological polar surface area (TPSA) is 57.5 Å². The number of carbonyl (C=O) groups is 1. The van der Waals surface area contributed by atoms with Crippen LogP contribution in [-0.4, -0.2) is 21.8 Å². The van der Waals surface area contributed by atoms with Gasteiger partial charge < -0.3 is 10.2 Å². The van der Waals surface area contributed by atoms with Crippen molar-refractivity contribution in [3.63, 3.8) is 0 Å². The lowest BCUT2D eigenvalue weighted by atomic mass is 9.81. The third-order valence-corrected chi connectivity index (χ3v) is 3.37. The Morgan fingerprint density at radius 3 is 2.39 bits per heavy atom. The second-order valence-corrected chi connectivity index (χ2v) is 4.43. The van der Waals surface area contributed by atoms with E-state index in [0.717, 1.165) is 12.1 Å². The van der Waals surface area contributed by atoms with Crippen molar-refractivity contribution in [2.75, 3.05) is 0 Å². The van der Waals surface area contributed by atoms with Crippen LogP contribution in [0.1, 0.15) is 37.3 Å². The average Bonchev–Trinajstić information content (AvgIpc) is 2.31. The van der Waals surface area contributed by atoms with Gasteiger partial charge in [-0.3, -0.25) is 0 Å². The number of aryl methyl sites for hydroxylation is 1. The zero-order valence-corrected chi connectivity index (χ0v) is 10.5. The van der Waals surface area contributed by atoms with E-state index in [1.165, 1.54) is 20.8 Å². The SMILES string of the molecule is CCC(O)(C(=O)O)C(C)c1cc(F)c(C)cc1F. The molecule has 0 heterocycles. The van der Waals surface area contributed by atoms with Gasteiger partial charge in [-0.25, -0.2) is 13.6 Å². The molecule has 0 saturated carbocycles. The predicted octanol–water partition coefficient (Wildman–Crippen LogP) is 2.60. The highest BCUT2D eigenvalue weighted by Crippen LogP contribution is 2.33. The molecule has 0 aliphatic rings. The highest BCUT2D eigenvalue weighted by molar-refractivity contribution is 5.78. The second-order valence-electron chi connectivity index (χ2n) is 4.43. The number of rotatable bonds is 4. The van der Waals surface area contributed by atoms with E-state index < -0.39 is 29.1 Å². The number of aliphatic carboxylic acids is 1. The molecule has 0 spiro atoms. The summed E-state index contributed by atoms with van der Waals surface area (Å²) in [6.07, 6.45) is -0.0988. The molecule has 0 aliphatic carbocycles. The Morgan fingerprint density at radius 2 is 1.94 bits per heavy atom. The van der Waals surface area contributed by atoms with Crippen LogP contribution in [0.3, 0.4) is 0 Å². The van der Waals surface area contributed by atoms with Crippen molar-refractivity contribution in [2.45, 2.75) is 38.7 Å². The van der Waals surface area contributed by atoms with E-state index in [0.29, 0.717) is 0 Å². The van der Waals surface area contributed by atoms with Gasteiger partial charge >= 0.3 is 5.97 Å². The van der Waals surface area contributed by atoms with Gasteiger partial charge in [0.15, 0.2) is 5.60 Å². The molecule has 0 saturated heterocycles. The van der Waals surface area contributed by atoms with E-state index in [1.54, 1.807) is 0 Å². The molecule has 1 aromatic carbocycles. The molecular formula is C13H16F2O3. The van der Waals surface area contributed by atoms with Gasteiger partial charge in [-0.2, -0.15) is 0 Å². The number of carboxylic acids is 1. The molecule has 1 aromatic rings. The first kappa shape index (κ1) is 14.6. The van der Waals surface area contributed by atoms with Crippen LogP contribution in [0, 0.1) is 18.6 Å². The fourth-order valence-corrected chi connectivity index (χ4v) is 1.89.